The molecule has 5 heteroatoms. The van der Waals surface area contributed by atoms with E-state index in [0.29, 0.717) is 17.1 Å². The average Bonchev–Trinajstić information content (AvgIpc) is 3.09. The van der Waals surface area contributed by atoms with Gasteiger partial charge < -0.3 is 9.14 Å². The maximum atomic E-state index is 13.0. The van der Waals surface area contributed by atoms with Gasteiger partial charge >= 0.3 is 0 Å². The minimum atomic E-state index is -0.188. The van der Waals surface area contributed by atoms with Crippen molar-refractivity contribution < 1.29 is 4.74 Å². The maximum Gasteiger partial charge on any atom is 0.298 e. The second-order valence-corrected chi connectivity index (χ2v) is 6.30. The summed E-state index contributed by atoms with van der Waals surface area (Å²) in [6.07, 6.45) is 5.45. The molecule has 130 valence electrons. The van der Waals surface area contributed by atoms with Gasteiger partial charge in [-0.2, -0.15) is 0 Å². The highest BCUT2D eigenvalue weighted by Gasteiger charge is 2.12. The molecule has 4 rings (SSSR count). The number of benzene rings is 2. The smallest absolute Gasteiger partial charge is 0.298 e. The molecule has 0 aliphatic rings. The summed E-state index contributed by atoms with van der Waals surface area (Å²) in [6.45, 7) is 4.15. The molecule has 0 aliphatic heterocycles. The number of imidazole rings is 1. The van der Waals surface area contributed by atoms with Crippen molar-refractivity contribution in [1.82, 2.24) is 14.0 Å². The monoisotopic (exact) mass is 345 g/mol. The number of nitrogens with zero attached hydrogens (tertiary/aromatic N) is 3. The fourth-order valence-corrected chi connectivity index (χ4v) is 3.04. The number of rotatable bonds is 3. The maximum absolute atomic E-state index is 13.0. The summed E-state index contributed by atoms with van der Waals surface area (Å²) >= 11 is 0. The van der Waals surface area contributed by atoms with Crippen LogP contribution in [0.15, 0.2) is 65.8 Å². The first-order chi connectivity index (χ1) is 12.6. The van der Waals surface area contributed by atoms with Crippen molar-refractivity contribution >= 4 is 5.65 Å². The fraction of sp³-hybridized carbons (Fsp3) is 0.143. The van der Waals surface area contributed by atoms with Crippen molar-refractivity contribution in [2.75, 3.05) is 7.11 Å². The molecule has 0 bridgehead atoms. The van der Waals surface area contributed by atoms with Crippen molar-refractivity contribution in [2.24, 2.45) is 0 Å². The molecule has 2 aromatic carbocycles. The molecule has 0 saturated heterocycles. The van der Waals surface area contributed by atoms with E-state index in [2.05, 4.69) is 31.0 Å². The molecule has 0 spiro atoms. The third-order valence-electron chi connectivity index (χ3n) is 4.67. The van der Waals surface area contributed by atoms with Gasteiger partial charge in [0, 0.05) is 24.2 Å². The van der Waals surface area contributed by atoms with Crippen LogP contribution in [-0.4, -0.2) is 21.1 Å². The summed E-state index contributed by atoms with van der Waals surface area (Å²) in [5, 5.41) is 0. The molecule has 0 radical (unpaired) electrons. The van der Waals surface area contributed by atoms with Crippen molar-refractivity contribution in [2.45, 2.75) is 13.8 Å². The van der Waals surface area contributed by atoms with Crippen molar-refractivity contribution in [3.05, 3.63) is 82.5 Å². The lowest BCUT2D eigenvalue weighted by Gasteiger charge is -2.10. The molecule has 0 saturated carbocycles. The third-order valence-corrected chi connectivity index (χ3v) is 4.67. The highest BCUT2D eigenvalue weighted by Crippen LogP contribution is 2.23. The summed E-state index contributed by atoms with van der Waals surface area (Å²) in [6, 6.07) is 13.6. The third kappa shape index (κ3) is 2.58. The van der Waals surface area contributed by atoms with Crippen LogP contribution in [0, 0.1) is 13.8 Å². The lowest BCUT2D eigenvalue weighted by atomic mass is 10.1. The van der Waals surface area contributed by atoms with E-state index >= 15 is 0 Å². The molecule has 0 aliphatic carbocycles. The van der Waals surface area contributed by atoms with Crippen LogP contribution < -0.4 is 10.3 Å². The van der Waals surface area contributed by atoms with Gasteiger partial charge in [0.1, 0.15) is 5.75 Å². The van der Waals surface area contributed by atoms with Crippen molar-refractivity contribution in [3.63, 3.8) is 0 Å². The van der Waals surface area contributed by atoms with Gasteiger partial charge in [0.05, 0.1) is 18.5 Å². The van der Waals surface area contributed by atoms with E-state index in [1.165, 1.54) is 11.1 Å². The highest BCUT2D eigenvalue weighted by atomic mass is 16.5. The first-order valence-electron chi connectivity index (χ1n) is 8.40. The Balaban J connectivity index is 1.89. The van der Waals surface area contributed by atoms with E-state index in [0.717, 1.165) is 11.3 Å². The van der Waals surface area contributed by atoms with Gasteiger partial charge in [-0.15, -0.1) is 0 Å². The topological polar surface area (TPSA) is 48.5 Å². The van der Waals surface area contributed by atoms with E-state index < -0.39 is 0 Å². The normalized spacial score (nSPS) is 11.0. The molecule has 2 heterocycles. The van der Waals surface area contributed by atoms with Crippen molar-refractivity contribution in [3.8, 4) is 22.7 Å². The lowest BCUT2D eigenvalue weighted by molar-refractivity contribution is 0.412. The Kier molecular flexibility index (Phi) is 3.84. The SMILES string of the molecule is COc1ccccc1-n1ccn2cc(-c3ccc(C)c(C)c3)nc2c1=O. The van der Waals surface area contributed by atoms with Gasteiger partial charge in [-0.05, 0) is 43.2 Å². The van der Waals surface area contributed by atoms with Gasteiger partial charge in [-0.25, -0.2) is 4.98 Å². The van der Waals surface area contributed by atoms with Gasteiger partial charge in [0.2, 0.25) is 5.65 Å². The van der Waals surface area contributed by atoms with Crippen LogP contribution in [-0.2, 0) is 0 Å². The lowest BCUT2D eigenvalue weighted by Crippen LogP contribution is -2.20. The summed E-state index contributed by atoms with van der Waals surface area (Å²) < 4.78 is 8.70. The predicted octanol–water partition coefficient (Wildman–Crippen LogP) is 3.78. The van der Waals surface area contributed by atoms with Crippen LogP contribution in [0.3, 0.4) is 0 Å². The summed E-state index contributed by atoms with van der Waals surface area (Å²) in [4.78, 5) is 17.6. The molecule has 2 aromatic heterocycles. The van der Waals surface area contributed by atoms with Crippen LogP contribution in [0.25, 0.3) is 22.6 Å². The number of fused-ring (bicyclic) bond motifs is 1. The largest absolute Gasteiger partial charge is 0.495 e. The Morgan fingerprint density at radius 1 is 1.00 bits per heavy atom. The van der Waals surface area contributed by atoms with Gasteiger partial charge in [0.15, 0.2) is 0 Å². The molecule has 4 aromatic rings. The molecular formula is C21H19N3O2. The molecule has 0 fully saturated rings. The zero-order valence-electron chi connectivity index (χ0n) is 14.9. The second kappa shape index (κ2) is 6.19. The molecule has 0 unspecified atom stereocenters. The first-order valence-corrected chi connectivity index (χ1v) is 8.40. The predicted molar refractivity (Wildman–Crippen MR) is 102 cm³/mol. The molecule has 26 heavy (non-hydrogen) atoms. The molecule has 0 amide bonds. The summed E-state index contributed by atoms with van der Waals surface area (Å²) in [7, 11) is 1.59. The number of para-hydroxylation sites is 2. The zero-order chi connectivity index (χ0) is 18.3. The molecule has 5 nitrogen and oxygen atoms in total. The van der Waals surface area contributed by atoms with E-state index in [9.17, 15) is 4.79 Å². The number of hydrogen-bond donors (Lipinski definition) is 0. The van der Waals surface area contributed by atoms with Gasteiger partial charge in [0.25, 0.3) is 5.56 Å². The fourth-order valence-electron chi connectivity index (χ4n) is 3.04. The Hall–Kier alpha value is -3.34. The minimum absolute atomic E-state index is 0.188. The molecule has 0 N–H and O–H groups in total. The average molecular weight is 345 g/mol. The van der Waals surface area contributed by atoms with Crippen LogP contribution >= 0.6 is 0 Å². The van der Waals surface area contributed by atoms with Crippen molar-refractivity contribution in [1.29, 1.82) is 0 Å². The Morgan fingerprint density at radius 3 is 2.58 bits per heavy atom. The van der Waals surface area contributed by atoms with Crippen LogP contribution in [0.5, 0.6) is 5.75 Å². The Morgan fingerprint density at radius 2 is 1.81 bits per heavy atom. The number of aryl methyl sites for hydroxylation is 2. The number of ether oxygens (including phenoxy) is 1. The summed E-state index contributed by atoms with van der Waals surface area (Å²) in [5.41, 5.74) is 5.10. The van der Waals surface area contributed by atoms with E-state index in [1.807, 2.05) is 42.7 Å². The van der Waals surface area contributed by atoms with E-state index in [4.69, 9.17) is 4.74 Å². The number of hydrogen-bond acceptors (Lipinski definition) is 3. The first kappa shape index (κ1) is 16.1. The quantitative estimate of drug-likeness (QED) is 0.568. The number of aromatic nitrogens is 3. The molecular weight excluding hydrogens is 326 g/mol. The van der Waals surface area contributed by atoms with Crippen LogP contribution in [0.4, 0.5) is 0 Å². The number of methoxy groups -OCH3 is 1. The zero-order valence-corrected chi connectivity index (χ0v) is 14.9. The van der Waals surface area contributed by atoms with Gasteiger partial charge in [-0.3, -0.25) is 9.36 Å². The Labute approximate surface area is 151 Å². The van der Waals surface area contributed by atoms with Crippen LogP contribution in [0.2, 0.25) is 0 Å². The van der Waals surface area contributed by atoms with E-state index in [-0.39, 0.29) is 5.56 Å². The minimum Gasteiger partial charge on any atom is -0.495 e. The second-order valence-electron chi connectivity index (χ2n) is 6.30. The highest BCUT2D eigenvalue weighted by molar-refractivity contribution is 5.64. The standard InChI is InChI=1S/C21H19N3O2/c1-14-8-9-16(12-15(14)2)17-13-23-10-11-24(21(25)20(23)22-17)18-6-4-5-7-19(18)26-3/h4-13H,1-3H3. The van der Waals surface area contributed by atoms with Crippen LogP contribution in [0.1, 0.15) is 11.1 Å². The van der Waals surface area contributed by atoms with Gasteiger partial charge in [-0.1, -0.05) is 24.3 Å². The van der Waals surface area contributed by atoms with E-state index in [1.54, 1.807) is 22.3 Å². The Bertz CT molecular complexity index is 1170. The molecule has 0 atom stereocenters. The summed E-state index contributed by atoms with van der Waals surface area (Å²) in [5.74, 6) is 0.639.